The Morgan fingerprint density at radius 1 is 1.40 bits per heavy atom. The fourth-order valence-corrected chi connectivity index (χ4v) is 2.95. The maximum atomic E-state index is 12.2. The van der Waals surface area contributed by atoms with Gasteiger partial charge in [-0.05, 0) is 54.5 Å². The summed E-state index contributed by atoms with van der Waals surface area (Å²) in [6, 6.07) is 4.42. The van der Waals surface area contributed by atoms with Crippen molar-refractivity contribution in [3.05, 3.63) is 28.2 Å². The number of hydrogen-bond acceptors (Lipinski definition) is 3. The molecule has 1 aromatic carbocycles. The van der Waals surface area contributed by atoms with Gasteiger partial charge < -0.3 is 5.32 Å². The molecule has 1 unspecified atom stereocenters. The van der Waals surface area contributed by atoms with Crippen LogP contribution in [-0.2, 0) is 10.0 Å². The molecule has 0 heterocycles. The van der Waals surface area contributed by atoms with Crippen LogP contribution in [0.25, 0.3) is 0 Å². The molecule has 112 valence electrons. The molecule has 1 atom stereocenters. The van der Waals surface area contributed by atoms with Gasteiger partial charge in [-0.25, -0.2) is 13.1 Å². The van der Waals surface area contributed by atoms with Gasteiger partial charge in [0.1, 0.15) is 0 Å². The Morgan fingerprint density at radius 2 is 2.05 bits per heavy atom. The van der Waals surface area contributed by atoms with Crippen molar-refractivity contribution in [1.29, 1.82) is 0 Å². The molecule has 0 saturated carbocycles. The van der Waals surface area contributed by atoms with Gasteiger partial charge in [-0.1, -0.05) is 13.3 Å². The molecular weight excluding hydrogens is 344 g/mol. The highest BCUT2D eigenvalue weighted by Crippen LogP contribution is 2.21. The summed E-state index contributed by atoms with van der Waals surface area (Å²) >= 11 is 3.27. The summed E-state index contributed by atoms with van der Waals surface area (Å²) in [5.41, 5.74) is 0.310. The van der Waals surface area contributed by atoms with Crippen molar-refractivity contribution in [2.24, 2.45) is 0 Å². The fraction of sp³-hybridized carbons (Fsp3) is 0.462. The zero-order valence-electron chi connectivity index (χ0n) is 11.7. The highest BCUT2D eigenvalue weighted by molar-refractivity contribution is 9.10. The minimum Gasteiger partial charge on any atom is -0.350 e. The topological polar surface area (TPSA) is 75.3 Å². The molecule has 7 heteroatoms. The minimum atomic E-state index is -3.56. The summed E-state index contributed by atoms with van der Waals surface area (Å²) in [5, 5.41) is 2.85. The number of carbonyl (C=O) groups is 1. The van der Waals surface area contributed by atoms with Crippen molar-refractivity contribution in [3.63, 3.8) is 0 Å². The second kappa shape index (κ2) is 7.19. The lowest BCUT2D eigenvalue weighted by atomic mass is 10.1. The van der Waals surface area contributed by atoms with Gasteiger partial charge in [-0.3, -0.25) is 4.79 Å². The smallest absolute Gasteiger partial charge is 0.252 e. The van der Waals surface area contributed by atoms with Gasteiger partial charge in [0.25, 0.3) is 5.91 Å². The Labute approximate surface area is 128 Å². The highest BCUT2D eigenvalue weighted by Gasteiger charge is 2.18. The van der Waals surface area contributed by atoms with Crippen molar-refractivity contribution >= 4 is 31.9 Å². The standard InChI is InChI=1S/C13H19BrN2O3S/c1-4-5-9(2)16-13(17)11-8-10(6-7-12(11)14)20(18,19)15-3/h6-9,15H,4-5H2,1-3H3,(H,16,17). The van der Waals surface area contributed by atoms with Crippen molar-refractivity contribution in [2.45, 2.75) is 37.6 Å². The first kappa shape index (κ1) is 17.1. The number of carbonyl (C=O) groups excluding carboxylic acids is 1. The Bertz CT molecular complexity index is 587. The molecule has 0 aliphatic heterocycles. The second-order valence-electron chi connectivity index (χ2n) is 4.51. The number of hydrogen-bond donors (Lipinski definition) is 2. The predicted octanol–water partition coefficient (Wildman–Crippen LogP) is 2.28. The molecule has 2 N–H and O–H groups in total. The summed E-state index contributed by atoms with van der Waals surface area (Å²) in [6.07, 6.45) is 1.84. The number of rotatable bonds is 6. The molecule has 1 amide bonds. The number of halogens is 1. The molecule has 0 saturated heterocycles. The minimum absolute atomic E-state index is 0.0453. The van der Waals surface area contributed by atoms with Crippen LogP contribution in [0.3, 0.4) is 0 Å². The SMILES string of the molecule is CCCC(C)NC(=O)c1cc(S(=O)(=O)NC)ccc1Br. The zero-order valence-corrected chi connectivity index (χ0v) is 14.1. The molecule has 20 heavy (non-hydrogen) atoms. The lowest BCUT2D eigenvalue weighted by Crippen LogP contribution is -2.32. The van der Waals surface area contributed by atoms with Crippen LogP contribution in [0.5, 0.6) is 0 Å². The largest absolute Gasteiger partial charge is 0.350 e. The van der Waals surface area contributed by atoms with Crippen molar-refractivity contribution < 1.29 is 13.2 Å². The molecule has 5 nitrogen and oxygen atoms in total. The van der Waals surface area contributed by atoms with E-state index in [1.807, 2.05) is 13.8 Å². The van der Waals surface area contributed by atoms with Crippen LogP contribution in [-0.4, -0.2) is 27.4 Å². The van der Waals surface area contributed by atoms with Gasteiger partial charge >= 0.3 is 0 Å². The van der Waals surface area contributed by atoms with Crippen LogP contribution in [0.15, 0.2) is 27.6 Å². The predicted molar refractivity (Wildman–Crippen MR) is 82.2 cm³/mol. The molecule has 0 aliphatic rings. The van der Waals surface area contributed by atoms with Gasteiger partial charge in [0.05, 0.1) is 10.5 Å². The maximum absolute atomic E-state index is 12.2. The van der Waals surface area contributed by atoms with Crippen molar-refractivity contribution in [2.75, 3.05) is 7.05 Å². The van der Waals surface area contributed by atoms with E-state index in [0.717, 1.165) is 12.8 Å². The monoisotopic (exact) mass is 362 g/mol. The van der Waals surface area contributed by atoms with E-state index in [2.05, 4.69) is 26.0 Å². The van der Waals surface area contributed by atoms with Crippen LogP contribution >= 0.6 is 15.9 Å². The van der Waals surface area contributed by atoms with Gasteiger partial charge in [0.15, 0.2) is 0 Å². The highest BCUT2D eigenvalue weighted by atomic mass is 79.9. The van der Waals surface area contributed by atoms with Gasteiger partial charge in [-0.2, -0.15) is 0 Å². The third kappa shape index (κ3) is 4.29. The van der Waals surface area contributed by atoms with E-state index in [9.17, 15) is 13.2 Å². The summed E-state index contributed by atoms with van der Waals surface area (Å²) in [4.78, 5) is 12.2. The molecule has 0 fully saturated rings. The van der Waals surface area contributed by atoms with Crippen LogP contribution in [0.4, 0.5) is 0 Å². The third-order valence-corrected chi connectivity index (χ3v) is 4.96. The maximum Gasteiger partial charge on any atom is 0.252 e. The summed E-state index contributed by atoms with van der Waals surface area (Å²) in [5.74, 6) is -0.286. The van der Waals surface area contributed by atoms with E-state index >= 15 is 0 Å². The van der Waals surface area contributed by atoms with E-state index in [-0.39, 0.29) is 16.8 Å². The number of nitrogens with one attached hydrogen (secondary N) is 2. The molecule has 0 bridgehead atoms. The molecule has 1 rings (SSSR count). The van der Waals surface area contributed by atoms with Crippen molar-refractivity contribution in [3.8, 4) is 0 Å². The Kier molecular flexibility index (Phi) is 6.16. The average Bonchev–Trinajstić information content (AvgIpc) is 2.39. The van der Waals surface area contributed by atoms with E-state index < -0.39 is 10.0 Å². The second-order valence-corrected chi connectivity index (χ2v) is 7.25. The Balaban J connectivity index is 3.06. The first-order valence-corrected chi connectivity index (χ1v) is 8.63. The van der Waals surface area contributed by atoms with Crippen LogP contribution in [0.2, 0.25) is 0 Å². The third-order valence-electron chi connectivity index (χ3n) is 2.86. The quantitative estimate of drug-likeness (QED) is 0.814. The lowest BCUT2D eigenvalue weighted by Gasteiger charge is -2.14. The van der Waals surface area contributed by atoms with Gasteiger partial charge in [-0.15, -0.1) is 0 Å². The summed E-state index contributed by atoms with van der Waals surface area (Å²) < 4.78 is 26.3. The first-order chi connectivity index (χ1) is 9.31. The fourth-order valence-electron chi connectivity index (χ4n) is 1.77. The van der Waals surface area contributed by atoms with E-state index in [1.165, 1.54) is 19.2 Å². The molecule has 0 spiro atoms. The van der Waals surface area contributed by atoms with Crippen LogP contribution in [0, 0.1) is 0 Å². The van der Waals surface area contributed by atoms with Gasteiger partial charge in [0, 0.05) is 10.5 Å². The lowest BCUT2D eigenvalue weighted by molar-refractivity contribution is 0.0937. The first-order valence-electron chi connectivity index (χ1n) is 6.35. The summed E-state index contributed by atoms with van der Waals surface area (Å²) in [6.45, 7) is 3.96. The molecule has 0 aromatic heterocycles. The molecule has 0 radical (unpaired) electrons. The molecule has 1 aromatic rings. The summed E-state index contributed by atoms with van der Waals surface area (Å²) in [7, 11) is -2.23. The van der Waals surface area contributed by atoms with Crippen molar-refractivity contribution in [1.82, 2.24) is 10.0 Å². The van der Waals surface area contributed by atoms with Crippen LogP contribution < -0.4 is 10.0 Å². The Hall–Kier alpha value is -0.920. The van der Waals surface area contributed by atoms with E-state index in [4.69, 9.17) is 0 Å². The van der Waals surface area contributed by atoms with Crippen LogP contribution in [0.1, 0.15) is 37.0 Å². The Morgan fingerprint density at radius 3 is 2.60 bits per heavy atom. The average molecular weight is 363 g/mol. The number of benzene rings is 1. The number of amides is 1. The zero-order chi connectivity index (χ0) is 15.3. The van der Waals surface area contributed by atoms with E-state index in [1.54, 1.807) is 6.07 Å². The van der Waals surface area contributed by atoms with Gasteiger partial charge in [0.2, 0.25) is 10.0 Å². The molecule has 0 aliphatic carbocycles. The van der Waals surface area contributed by atoms with E-state index in [0.29, 0.717) is 10.0 Å². The normalized spacial score (nSPS) is 13.0. The molecular formula is C13H19BrN2O3S. The number of sulfonamides is 1.